The number of methoxy groups -OCH3 is 1. The number of likely N-dealkylation sites (tertiary alicyclic amines) is 1. The summed E-state index contributed by atoms with van der Waals surface area (Å²) in [5, 5.41) is 0. The van der Waals surface area contributed by atoms with E-state index in [1.165, 1.54) is 19.2 Å². The van der Waals surface area contributed by atoms with Crippen LogP contribution in [0.5, 0.6) is 5.75 Å². The average Bonchev–Trinajstić information content (AvgIpc) is 2.68. The molecule has 144 valence electrons. The Kier molecular flexibility index (Phi) is 5.70. The lowest BCUT2D eigenvalue weighted by Crippen LogP contribution is -2.37. The molecule has 0 saturated carbocycles. The van der Waals surface area contributed by atoms with Gasteiger partial charge in [0.15, 0.2) is 0 Å². The first-order valence-corrected chi connectivity index (χ1v) is 10.4. The van der Waals surface area contributed by atoms with E-state index in [2.05, 4.69) is 11.6 Å². The van der Waals surface area contributed by atoms with Crippen LogP contribution in [-0.2, 0) is 10.0 Å². The van der Waals surface area contributed by atoms with Gasteiger partial charge in [-0.15, -0.1) is 0 Å². The highest BCUT2D eigenvalue weighted by atomic mass is 32.2. The van der Waals surface area contributed by atoms with Gasteiger partial charge < -0.3 is 9.64 Å². The summed E-state index contributed by atoms with van der Waals surface area (Å²) in [4.78, 5) is 14.7. The van der Waals surface area contributed by atoms with Crippen LogP contribution in [0.2, 0.25) is 0 Å². The fraction of sp³-hybridized carbons (Fsp3) is 0.350. The maximum atomic E-state index is 12.7. The van der Waals surface area contributed by atoms with E-state index < -0.39 is 10.0 Å². The molecule has 6 nitrogen and oxygen atoms in total. The lowest BCUT2D eigenvalue weighted by atomic mass is 9.98. The zero-order valence-electron chi connectivity index (χ0n) is 15.5. The number of hydrogen-bond donors (Lipinski definition) is 1. The van der Waals surface area contributed by atoms with E-state index in [4.69, 9.17) is 4.74 Å². The molecule has 1 fully saturated rings. The van der Waals surface area contributed by atoms with Crippen molar-refractivity contribution in [2.45, 2.75) is 24.7 Å². The SMILES string of the molecule is COc1ccc(S(=O)(=O)Nc2cccc(C(=O)N3CCC(C)CC3)c2)cc1. The molecule has 2 aromatic carbocycles. The number of anilines is 1. The molecule has 0 bridgehead atoms. The first-order chi connectivity index (χ1) is 12.9. The van der Waals surface area contributed by atoms with Crippen LogP contribution in [0.1, 0.15) is 30.1 Å². The van der Waals surface area contributed by atoms with Crippen LogP contribution < -0.4 is 9.46 Å². The van der Waals surface area contributed by atoms with Gasteiger partial charge in [0.25, 0.3) is 15.9 Å². The molecule has 2 aromatic rings. The fourth-order valence-electron chi connectivity index (χ4n) is 3.08. The summed E-state index contributed by atoms with van der Waals surface area (Å²) in [7, 11) is -2.22. The van der Waals surface area contributed by atoms with Crippen molar-refractivity contribution in [1.82, 2.24) is 4.90 Å². The maximum absolute atomic E-state index is 12.7. The van der Waals surface area contributed by atoms with Crippen molar-refractivity contribution in [3.63, 3.8) is 0 Å². The minimum absolute atomic E-state index is 0.0626. The van der Waals surface area contributed by atoms with Crippen molar-refractivity contribution in [2.75, 3.05) is 24.9 Å². The number of ether oxygens (including phenoxy) is 1. The zero-order chi connectivity index (χ0) is 19.4. The first-order valence-electron chi connectivity index (χ1n) is 8.95. The van der Waals surface area contributed by atoms with Gasteiger partial charge in [-0.05, 0) is 61.2 Å². The molecule has 1 amide bonds. The minimum atomic E-state index is -3.74. The number of carbonyl (C=O) groups excluding carboxylic acids is 1. The topological polar surface area (TPSA) is 75.7 Å². The smallest absolute Gasteiger partial charge is 0.261 e. The summed E-state index contributed by atoms with van der Waals surface area (Å²) in [5.74, 6) is 1.15. The van der Waals surface area contributed by atoms with Crippen molar-refractivity contribution >= 4 is 21.6 Å². The van der Waals surface area contributed by atoms with Crippen LogP contribution in [0.4, 0.5) is 5.69 Å². The van der Waals surface area contributed by atoms with Crippen molar-refractivity contribution in [2.24, 2.45) is 5.92 Å². The molecular formula is C20H24N2O4S. The number of hydrogen-bond acceptors (Lipinski definition) is 4. The summed E-state index contributed by atoms with van der Waals surface area (Å²) in [5.41, 5.74) is 0.849. The summed E-state index contributed by atoms with van der Waals surface area (Å²) in [6.07, 6.45) is 1.99. The van der Waals surface area contributed by atoms with E-state index in [0.717, 1.165) is 25.9 Å². The van der Waals surface area contributed by atoms with Crippen LogP contribution in [-0.4, -0.2) is 39.4 Å². The molecule has 0 atom stereocenters. The molecule has 3 rings (SSSR count). The maximum Gasteiger partial charge on any atom is 0.261 e. The number of piperidine rings is 1. The van der Waals surface area contributed by atoms with Crippen LogP contribution >= 0.6 is 0 Å². The summed E-state index contributed by atoms with van der Waals surface area (Å²) in [6, 6.07) is 12.8. The largest absolute Gasteiger partial charge is 0.497 e. The molecule has 0 aromatic heterocycles. The Morgan fingerprint density at radius 3 is 2.41 bits per heavy atom. The van der Waals surface area contributed by atoms with E-state index in [9.17, 15) is 13.2 Å². The van der Waals surface area contributed by atoms with Crippen molar-refractivity contribution in [3.05, 3.63) is 54.1 Å². The number of amides is 1. The van der Waals surface area contributed by atoms with Crippen LogP contribution in [0.3, 0.4) is 0 Å². The zero-order valence-corrected chi connectivity index (χ0v) is 16.3. The Hall–Kier alpha value is -2.54. The molecule has 7 heteroatoms. The van der Waals surface area contributed by atoms with Gasteiger partial charge in [0.2, 0.25) is 0 Å². The molecule has 1 aliphatic rings. The van der Waals surface area contributed by atoms with E-state index in [0.29, 0.717) is 22.9 Å². The normalized spacial score (nSPS) is 15.4. The third-order valence-corrected chi connectivity index (χ3v) is 6.20. The molecule has 0 spiro atoms. The van der Waals surface area contributed by atoms with Gasteiger partial charge in [-0.25, -0.2) is 8.42 Å². The van der Waals surface area contributed by atoms with Crippen molar-refractivity contribution in [1.29, 1.82) is 0 Å². The number of nitrogens with zero attached hydrogens (tertiary/aromatic N) is 1. The predicted molar refractivity (Wildman–Crippen MR) is 105 cm³/mol. The van der Waals surface area contributed by atoms with E-state index in [-0.39, 0.29) is 10.8 Å². The molecule has 1 saturated heterocycles. The molecule has 27 heavy (non-hydrogen) atoms. The number of benzene rings is 2. The highest BCUT2D eigenvalue weighted by Gasteiger charge is 2.22. The number of rotatable bonds is 5. The van der Waals surface area contributed by atoms with Crippen molar-refractivity contribution < 1.29 is 17.9 Å². The fourth-order valence-corrected chi connectivity index (χ4v) is 4.13. The third-order valence-electron chi connectivity index (χ3n) is 4.80. The predicted octanol–water partition coefficient (Wildman–Crippen LogP) is 3.37. The van der Waals surface area contributed by atoms with Gasteiger partial charge in [0.05, 0.1) is 12.0 Å². The quantitative estimate of drug-likeness (QED) is 0.852. The molecule has 1 aliphatic heterocycles. The second kappa shape index (κ2) is 8.00. The van der Waals surface area contributed by atoms with Gasteiger partial charge in [-0.1, -0.05) is 13.0 Å². The van der Waals surface area contributed by atoms with Crippen LogP contribution in [0.25, 0.3) is 0 Å². The van der Waals surface area contributed by atoms with Gasteiger partial charge in [0.1, 0.15) is 5.75 Å². The van der Waals surface area contributed by atoms with Gasteiger partial charge in [0, 0.05) is 24.3 Å². The first kappa shape index (κ1) is 19.2. The lowest BCUT2D eigenvalue weighted by molar-refractivity contribution is 0.0697. The standard InChI is InChI=1S/C20H24N2O4S/c1-15-10-12-22(13-11-15)20(23)16-4-3-5-17(14-16)21-27(24,25)19-8-6-18(26-2)7-9-19/h3-9,14-15,21H,10-13H2,1-2H3. The molecule has 0 unspecified atom stereocenters. The third kappa shape index (κ3) is 4.60. The Morgan fingerprint density at radius 2 is 1.78 bits per heavy atom. The van der Waals surface area contributed by atoms with Crippen LogP contribution in [0, 0.1) is 5.92 Å². The summed E-state index contributed by atoms with van der Waals surface area (Å²) >= 11 is 0. The van der Waals surface area contributed by atoms with E-state index >= 15 is 0 Å². The molecular weight excluding hydrogens is 364 g/mol. The Bertz CT molecular complexity index is 902. The average molecular weight is 388 g/mol. The molecule has 0 radical (unpaired) electrons. The summed E-state index contributed by atoms with van der Waals surface area (Å²) in [6.45, 7) is 3.67. The second-order valence-electron chi connectivity index (χ2n) is 6.84. The molecule has 0 aliphatic carbocycles. The highest BCUT2D eigenvalue weighted by molar-refractivity contribution is 7.92. The number of nitrogens with one attached hydrogen (secondary N) is 1. The van der Waals surface area contributed by atoms with E-state index in [1.54, 1.807) is 36.4 Å². The summed E-state index contributed by atoms with van der Waals surface area (Å²) < 4.78 is 32.7. The monoisotopic (exact) mass is 388 g/mol. The minimum Gasteiger partial charge on any atom is -0.497 e. The van der Waals surface area contributed by atoms with Gasteiger partial charge in [-0.3, -0.25) is 9.52 Å². The van der Waals surface area contributed by atoms with Crippen molar-refractivity contribution in [3.8, 4) is 5.75 Å². The van der Waals surface area contributed by atoms with Crippen LogP contribution in [0.15, 0.2) is 53.4 Å². The van der Waals surface area contributed by atoms with Gasteiger partial charge in [-0.2, -0.15) is 0 Å². The molecule has 1 N–H and O–H groups in total. The highest BCUT2D eigenvalue weighted by Crippen LogP contribution is 2.22. The second-order valence-corrected chi connectivity index (χ2v) is 8.52. The lowest BCUT2D eigenvalue weighted by Gasteiger charge is -2.30. The van der Waals surface area contributed by atoms with E-state index in [1.807, 2.05) is 4.90 Å². The Morgan fingerprint density at radius 1 is 1.11 bits per heavy atom. The Labute approximate surface area is 160 Å². The number of sulfonamides is 1. The molecule has 1 heterocycles. The number of carbonyl (C=O) groups is 1. The van der Waals surface area contributed by atoms with Gasteiger partial charge >= 0.3 is 0 Å². The Balaban J connectivity index is 1.75.